The predicted octanol–water partition coefficient (Wildman–Crippen LogP) is 4.05. The number of fused-ring (bicyclic) bond motifs is 1. The standard InChI is InChI=1S/C24H21N5O4S/c30-22(11-8-16-6-9-17(10-7-16)31-13-12-18-3-2-14-34-18)25-19-4-1-5-20-23(19)33-21(15-32-20)24-26-28-29-27-24/h1-11,14,21H,12-13,15H2,(H,25,30)(H,26,27,28,29). The van der Waals surface area contributed by atoms with Gasteiger partial charge in [-0.15, -0.1) is 21.5 Å². The summed E-state index contributed by atoms with van der Waals surface area (Å²) >= 11 is 1.73. The van der Waals surface area contributed by atoms with Crippen LogP contribution < -0.4 is 19.5 Å². The predicted molar refractivity (Wildman–Crippen MR) is 127 cm³/mol. The first-order valence-electron chi connectivity index (χ1n) is 10.6. The number of H-pyrrole nitrogens is 1. The molecule has 1 aliphatic rings. The third-order valence-corrected chi connectivity index (χ3v) is 5.98. The third kappa shape index (κ3) is 5.24. The van der Waals surface area contributed by atoms with Crippen LogP contribution in [0.5, 0.6) is 17.2 Å². The summed E-state index contributed by atoms with van der Waals surface area (Å²) in [6.07, 6.45) is 3.56. The van der Waals surface area contributed by atoms with Crippen molar-refractivity contribution in [2.45, 2.75) is 12.5 Å². The second-order valence-electron chi connectivity index (χ2n) is 7.39. The fourth-order valence-electron chi connectivity index (χ4n) is 3.37. The first-order valence-corrected chi connectivity index (χ1v) is 11.5. The number of aromatic nitrogens is 4. The van der Waals surface area contributed by atoms with Crippen molar-refractivity contribution in [3.8, 4) is 17.2 Å². The van der Waals surface area contributed by atoms with Gasteiger partial charge in [0.25, 0.3) is 0 Å². The first kappa shape index (κ1) is 21.7. The molecule has 9 nitrogen and oxygen atoms in total. The van der Waals surface area contributed by atoms with Gasteiger partial charge in [0, 0.05) is 17.4 Å². The summed E-state index contributed by atoms with van der Waals surface area (Å²) in [5.41, 5.74) is 1.38. The lowest BCUT2D eigenvalue weighted by Gasteiger charge is -2.26. The molecule has 0 saturated heterocycles. The van der Waals surface area contributed by atoms with Crippen molar-refractivity contribution >= 4 is 29.0 Å². The van der Waals surface area contributed by atoms with Crippen LogP contribution in [0.15, 0.2) is 66.1 Å². The SMILES string of the molecule is O=C(C=Cc1ccc(OCCc2cccs2)cc1)Nc1cccc2c1OC(c1nn[nH]n1)CO2. The van der Waals surface area contributed by atoms with Crippen LogP contribution in [0.2, 0.25) is 0 Å². The number of para-hydroxylation sites is 1. The van der Waals surface area contributed by atoms with Gasteiger partial charge < -0.3 is 19.5 Å². The largest absolute Gasteiger partial charge is 0.493 e. The van der Waals surface area contributed by atoms with Gasteiger partial charge in [0.2, 0.25) is 11.7 Å². The Balaban J connectivity index is 1.17. The highest BCUT2D eigenvalue weighted by molar-refractivity contribution is 7.09. The molecular weight excluding hydrogens is 454 g/mol. The molecule has 2 N–H and O–H groups in total. The fourth-order valence-corrected chi connectivity index (χ4v) is 4.06. The Hall–Kier alpha value is -4.18. The van der Waals surface area contributed by atoms with Crippen LogP contribution in [-0.2, 0) is 11.2 Å². The Morgan fingerprint density at radius 1 is 1.21 bits per heavy atom. The Labute approximate surface area is 199 Å². The molecule has 1 aliphatic heterocycles. The van der Waals surface area contributed by atoms with Crippen LogP contribution in [-0.4, -0.2) is 39.7 Å². The van der Waals surface area contributed by atoms with E-state index >= 15 is 0 Å². The van der Waals surface area contributed by atoms with E-state index in [1.807, 2.05) is 30.3 Å². The van der Waals surface area contributed by atoms with Crippen LogP contribution in [0, 0.1) is 0 Å². The molecule has 2 aromatic carbocycles. The van der Waals surface area contributed by atoms with Gasteiger partial charge in [-0.05, 0) is 47.4 Å². The van der Waals surface area contributed by atoms with Gasteiger partial charge in [-0.25, -0.2) is 0 Å². The maximum absolute atomic E-state index is 12.5. The van der Waals surface area contributed by atoms with E-state index in [9.17, 15) is 4.79 Å². The number of thiophene rings is 1. The van der Waals surface area contributed by atoms with Gasteiger partial charge in [-0.3, -0.25) is 4.79 Å². The molecule has 0 radical (unpaired) electrons. The van der Waals surface area contributed by atoms with E-state index in [0.29, 0.717) is 29.6 Å². The van der Waals surface area contributed by atoms with Gasteiger partial charge in [0.05, 0.1) is 12.3 Å². The number of ether oxygens (including phenoxy) is 3. The van der Waals surface area contributed by atoms with Crippen LogP contribution in [0.3, 0.4) is 0 Å². The second kappa shape index (κ2) is 10.2. The molecule has 4 aromatic rings. The normalized spacial score (nSPS) is 14.8. The first-order chi connectivity index (χ1) is 16.7. The fraction of sp³-hybridized carbons (Fsp3) is 0.167. The highest BCUT2D eigenvalue weighted by atomic mass is 32.1. The number of nitrogens with one attached hydrogen (secondary N) is 2. The van der Waals surface area contributed by atoms with Crippen molar-refractivity contribution in [2.24, 2.45) is 0 Å². The molecule has 0 aliphatic carbocycles. The summed E-state index contributed by atoms with van der Waals surface area (Å²) in [5.74, 6) is 1.84. The molecule has 34 heavy (non-hydrogen) atoms. The topological polar surface area (TPSA) is 111 Å². The van der Waals surface area contributed by atoms with Crippen molar-refractivity contribution in [2.75, 3.05) is 18.5 Å². The molecule has 0 fully saturated rings. The van der Waals surface area contributed by atoms with Crippen molar-refractivity contribution in [1.29, 1.82) is 0 Å². The molecule has 1 unspecified atom stereocenters. The summed E-state index contributed by atoms with van der Waals surface area (Å²) in [7, 11) is 0. The summed E-state index contributed by atoms with van der Waals surface area (Å²) in [6, 6.07) is 17.0. The number of aromatic amines is 1. The van der Waals surface area contributed by atoms with Gasteiger partial charge in [0.15, 0.2) is 17.6 Å². The number of amides is 1. The Morgan fingerprint density at radius 2 is 2.12 bits per heavy atom. The number of nitrogens with zero attached hydrogens (tertiary/aromatic N) is 3. The molecule has 1 amide bonds. The number of hydrogen-bond donors (Lipinski definition) is 2. The third-order valence-electron chi connectivity index (χ3n) is 5.04. The van der Waals surface area contributed by atoms with E-state index in [1.165, 1.54) is 11.0 Å². The maximum atomic E-state index is 12.5. The molecular formula is C24H21N5O4S. The van der Waals surface area contributed by atoms with Crippen molar-refractivity contribution < 1.29 is 19.0 Å². The molecule has 0 saturated carbocycles. The zero-order valence-corrected chi connectivity index (χ0v) is 18.8. The van der Waals surface area contributed by atoms with Crippen LogP contribution >= 0.6 is 11.3 Å². The number of hydrogen-bond acceptors (Lipinski definition) is 8. The van der Waals surface area contributed by atoms with Gasteiger partial charge in [0.1, 0.15) is 12.4 Å². The number of carbonyl (C=O) groups is 1. The lowest BCUT2D eigenvalue weighted by Crippen LogP contribution is -2.24. The lowest BCUT2D eigenvalue weighted by molar-refractivity contribution is -0.111. The quantitative estimate of drug-likeness (QED) is 0.370. The molecule has 10 heteroatoms. The van der Waals surface area contributed by atoms with E-state index in [2.05, 4.69) is 37.4 Å². The van der Waals surface area contributed by atoms with Gasteiger partial charge in [-0.1, -0.05) is 29.5 Å². The average molecular weight is 476 g/mol. The zero-order valence-electron chi connectivity index (χ0n) is 18.0. The molecule has 2 aromatic heterocycles. The molecule has 172 valence electrons. The minimum atomic E-state index is -0.522. The molecule has 5 rings (SSSR count). The number of rotatable bonds is 8. The van der Waals surface area contributed by atoms with E-state index in [-0.39, 0.29) is 12.5 Å². The van der Waals surface area contributed by atoms with Crippen LogP contribution in [0.4, 0.5) is 5.69 Å². The minimum Gasteiger partial charge on any atom is -0.493 e. The van der Waals surface area contributed by atoms with E-state index < -0.39 is 6.10 Å². The van der Waals surface area contributed by atoms with E-state index in [1.54, 1.807) is 35.6 Å². The lowest BCUT2D eigenvalue weighted by atomic mass is 10.2. The monoisotopic (exact) mass is 475 g/mol. The van der Waals surface area contributed by atoms with Crippen molar-refractivity contribution in [1.82, 2.24) is 20.6 Å². The van der Waals surface area contributed by atoms with Gasteiger partial charge in [-0.2, -0.15) is 5.21 Å². The summed E-state index contributed by atoms with van der Waals surface area (Å²) < 4.78 is 17.5. The summed E-state index contributed by atoms with van der Waals surface area (Å²) in [4.78, 5) is 13.8. The number of carbonyl (C=O) groups excluding carboxylic acids is 1. The Bertz CT molecular complexity index is 1260. The smallest absolute Gasteiger partial charge is 0.248 e. The Kier molecular flexibility index (Phi) is 6.48. The molecule has 1 atom stereocenters. The second-order valence-corrected chi connectivity index (χ2v) is 8.42. The molecule has 0 bridgehead atoms. The van der Waals surface area contributed by atoms with Crippen LogP contribution in [0.1, 0.15) is 22.4 Å². The molecule has 0 spiro atoms. The van der Waals surface area contributed by atoms with Crippen molar-refractivity contribution in [3.63, 3.8) is 0 Å². The zero-order chi connectivity index (χ0) is 23.2. The maximum Gasteiger partial charge on any atom is 0.248 e. The minimum absolute atomic E-state index is 0.248. The summed E-state index contributed by atoms with van der Waals surface area (Å²) in [6.45, 7) is 0.871. The van der Waals surface area contributed by atoms with E-state index in [0.717, 1.165) is 17.7 Å². The number of benzene rings is 2. The van der Waals surface area contributed by atoms with Crippen molar-refractivity contribution in [3.05, 3.63) is 82.3 Å². The number of tetrazole rings is 1. The Morgan fingerprint density at radius 3 is 2.91 bits per heavy atom. The average Bonchev–Trinajstić information content (AvgIpc) is 3.58. The number of anilines is 1. The highest BCUT2D eigenvalue weighted by Gasteiger charge is 2.28. The summed E-state index contributed by atoms with van der Waals surface area (Å²) in [5, 5.41) is 18.7. The van der Waals surface area contributed by atoms with Crippen LogP contribution in [0.25, 0.3) is 6.08 Å². The van der Waals surface area contributed by atoms with Gasteiger partial charge >= 0.3 is 0 Å². The molecule has 3 heterocycles. The van der Waals surface area contributed by atoms with E-state index in [4.69, 9.17) is 14.2 Å². The highest BCUT2D eigenvalue weighted by Crippen LogP contribution is 2.41.